The molecule has 0 saturated heterocycles. The Morgan fingerprint density at radius 2 is 1.63 bits per heavy atom. The van der Waals surface area contributed by atoms with Gasteiger partial charge >= 0.3 is 0 Å². The normalized spacial score (nSPS) is 10.2. The summed E-state index contributed by atoms with van der Waals surface area (Å²) in [4.78, 5) is 8.47. The predicted octanol–water partition coefficient (Wildman–Crippen LogP) is 3.54. The molecule has 0 amide bonds. The van der Waals surface area contributed by atoms with Crippen molar-refractivity contribution in [2.24, 2.45) is 0 Å². The van der Waals surface area contributed by atoms with Crippen LogP contribution in [0.25, 0.3) is 0 Å². The molecule has 0 saturated carbocycles. The van der Waals surface area contributed by atoms with Gasteiger partial charge in [-0.15, -0.1) is 0 Å². The van der Waals surface area contributed by atoms with Crippen LogP contribution in [0.1, 0.15) is 12.8 Å². The summed E-state index contributed by atoms with van der Waals surface area (Å²) in [7, 11) is 0. The summed E-state index contributed by atoms with van der Waals surface area (Å²) >= 11 is 3.37. The first kappa shape index (κ1) is 13.8. The van der Waals surface area contributed by atoms with Crippen molar-refractivity contribution in [3.63, 3.8) is 0 Å². The van der Waals surface area contributed by atoms with Gasteiger partial charge in [0.1, 0.15) is 11.6 Å². The van der Waals surface area contributed by atoms with Crippen molar-refractivity contribution in [1.29, 1.82) is 0 Å². The molecule has 2 aromatic heterocycles. The van der Waals surface area contributed by atoms with Gasteiger partial charge in [0.2, 0.25) is 0 Å². The maximum Gasteiger partial charge on any atom is 0.125 e. The third-order valence-corrected chi connectivity index (χ3v) is 3.08. The van der Waals surface area contributed by atoms with Crippen LogP contribution < -0.4 is 10.6 Å². The first-order chi connectivity index (χ1) is 9.34. The van der Waals surface area contributed by atoms with E-state index in [0.29, 0.717) is 0 Å². The summed E-state index contributed by atoms with van der Waals surface area (Å²) in [6.07, 6.45) is 5.78. The highest BCUT2D eigenvalue weighted by molar-refractivity contribution is 9.10. The maximum absolute atomic E-state index is 4.26. The Labute approximate surface area is 121 Å². The lowest BCUT2D eigenvalue weighted by molar-refractivity contribution is 0.791. The van der Waals surface area contributed by atoms with Gasteiger partial charge in [-0.25, -0.2) is 9.97 Å². The molecule has 2 rings (SSSR count). The molecule has 5 heteroatoms. The second-order valence-corrected chi connectivity index (χ2v) is 5.05. The first-order valence-corrected chi connectivity index (χ1v) is 7.14. The van der Waals surface area contributed by atoms with Gasteiger partial charge in [-0.2, -0.15) is 0 Å². The van der Waals surface area contributed by atoms with Crippen LogP contribution in [0.5, 0.6) is 0 Å². The number of nitrogens with zero attached hydrogens (tertiary/aromatic N) is 2. The van der Waals surface area contributed by atoms with E-state index in [2.05, 4.69) is 36.5 Å². The van der Waals surface area contributed by atoms with Crippen molar-refractivity contribution in [2.75, 3.05) is 23.7 Å². The second-order valence-electron chi connectivity index (χ2n) is 4.14. The maximum atomic E-state index is 4.26. The van der Waals surface area contributed by atoms with Gasteiger partial charge < -0.3 is 10.6 Å². The van der Waals surface area contributed by atoms with E-state index in [1.54, 1.807) is 12.4 Å². The van der Waals surface area contributed by atoms with E-state index in [1.807, 2.05) is 30.3 Å². The zero-order valence-electron chi connectivity index (χ0n) is 10.6. The monoisotopic (exact) mass is 320 g/mol. The molecule has 0 aliphatic carbocycles. The molecule has 19 heavy (non-hydrogen) atoms. The Morgan fingerprint density at radius 3 is 2.21 bits per heavy atom. The van der Waals surface area contributed by atoms with Crippen LogP contribution in [0.4, 0.5) is 11.6 Å². The average Bonchev–Trinajstić information content (AvgIpc) is 2.46. The van der Waals surface area contributed by atoms with Gasteiger partial charge in [-0.3, -0.25) is 0 Å². The highest BCUT2D eigenvalue weighted by Crippen LogP contribution is 2.10. The predicted molar refractivity (Wildman–Crippen MR) is 82.4 cm³/mol. The Hall–Kier alpha value is -1.62. The van der Waals surface area contributed by atoms with Gasteiger partial charge in [0.15, 0.2) is 0 Å². The molecule has 0 spiro atoms. The summed E-state index contributed by atoms with van der Waals surface area (Å²) < 4.78 is 0.998. The Balaban J connectivity index is 1.56. The molecule has 2 N–H and O–H groups in total. The average molecular weight is 321 g/mol. The number of halogens is 1. The van der Waals surface area contributed by atoms with Crippen molar-refractivity contribution >= 4 is 27.6 Å². The molecule has 0 aliphatic heterocycles. The minimum absolute atomic E-state index is 0.917. The van der Waals surface area contributed by atoms with E-state index >= 15 is 0 Å². The van der Waals surface area contributed by atoms with Crippen LogP contribution in [0.2, 0.25) is 0 Å². The van der Waals surface area contributed by atoms with Crippen molar-refractivity contribution in [3.8, 4) is 0 Å². The van der Waals surface area contributed by atoms with Crippen LogP contribution in [-0.4, -0.2) is 23.1 Å². The van der Waals surface area contributed by atoms with E-state index < -0.39 is 0 Å². The summed E-state index contributed by atoms with van der Waals surface area (Å²) in [5.74, 6) is 1.85. The van der Waals surface area contributed by atoms with Crippen molar-refractivity contribution in [2.45, 2.75) is 12.8 Å². The summed E-state index contributed by atoms with van der Waals surface area (Å²) in [5, 5.41) is 6.59. The van der Waals surface area contributed by atoms with Crippen LogP contribution in [0.3, 0.4) is 0 Å². The molecule has 100 valence electrons. The number of pyridine rings is 2. The minimum Gasteiger partial charge on any atom is -0.370 e. The summed E-state index contributed by atoms with van der Waals surface area (Å²) in [6.45, 7) is 1.87. The molecule has 0 unspecified atom stereocenters. The van der Waals surface area contributed by atoms with Crippen LogP contribution in [0.15, 0.2) is 47.2 Å². The van der Waals surface area contributed by atoms with Gasteiger partial charge in [-0.05, 0) is 53.0 Å². The van der Waals surface area contributed by atoms with E-state index in [-0.39, 0.29) is 0 Å². The largest absolute Gasteiger partial charge is 0.370 e. The quantitative estimate of drug-likeness (QED) is 0.766. The van der Waals surface area contributed by atoms with Crippen LogP contribution in [0, 0.1) is 0 Å². The number of aromatic nitrogens is 2. The summed E-state index contributed by atoms with van der Waals surface area (Å²) in [5.41, 5.74) is 0. The fourth-order valence-electron chi connectivity index (χ4n) is 1.63. The molecular formula is C14H17BrN4. The third-order valence-electron chi connectivity index (χ3n) is 2.61. The molecule has 2 heterocycles. The Morgan fingerprint density at radius 1 is 0.895 bits per heavy atom. The zero-order valence-corrected chi connectivity index (χ0v) is 12.2. The number of anilines is 2. The van der Waals surface area contributed by atoms with Crippen molar-refractivity contribution < 1.29 is 0 Å². The van der Waals surface area contributed by atoms with Crippen LogP contribution >= 0.6 is 15.9 Å². The summed E-state index contributed by atoms with van der Waals surface area (Å²) in [6, 6.07) is 9.83. The fourth-order valence-corrected chi connectivity index (χ4v) is 1.87. The topological polar surface area (TPSA) is 49.8 Å². The van der Waals surface area contributed by atoms with Gasteiger partial charge in [-0.1, -0.05) is 6.07 Å². The smallest absolute Gasteiger partial charge is 0.125 e. The number of rotatable bonds is 7. The molecule has 0 fully saturated rings. The lowest BCUT2D eigenvalue weighted by Crippen LogP contribution is -2.07. The second kappa shape index (κ2) is 7.74. The molecule has 4 nitrogen and oxygen atoms in total. The van der Waals surface area contributed by atoms with Crippen molar-refractivity contribution in [1.82, 2.24) is 9.97 Å². The van der Waals surface area contributed by atoms with E-state index in [0.717, 1.165) is 42.0 Å². The zero-order chi connectivity index (χ0) is 13.3. The Kier molecular flexibility index (Phi) is 5.62. The van der Waals surface area contributed by atoms with E-state index in [4.69, 9.17) is 0 Å². The molecule has 2 aromatic rings. The molecule has 0 atom stereocenters. The number of nitrogens with one attached hydrogen (secondary N) is 2. The van der Waals surface area contributed by atoms with Gasteiger partial charge in [0, 0.05) is 30.0 Å². The number of hydrogen-bond donors (Lipinski definition) is 2. The van der Waals surface area contributed by atoms with Crippen LogP contribution in [-0.2, 0) is 0 Å². The van der Waals surface area contributed by atoms with Crippen molar-refractivity contribution in [3.05, 3.63) is 47.2 Å². The molecule has 0 radical (unpaired) electrons. The molecule has 0 aromatic carbocycles. The van der Waals surface area contributed by atoms with E-state index in [1.165, 1.54) is 0 Å². The Bertz CT molecular complexity index is 473. The highest BCUT2D eigenvalue weighted by Gasteiger charge is 1.94. The number of unbranched alkanes of at least 4 members (excludes halogenated alkanes) is 1. The first-order valence-electron chi connectivity index (χ1n) is 6.35. The molecular weight excluding hydrogens is 304 g/mol. The van der Waals surface area contributed by atoms with E-state index in [9.17, 15) is 0 Å². The standard InChI is InChI=1S/C14H17BrN4/c15-12-6-7-14(19-11-12)18-10-4-3-9-17-13-5-1-2-8-16-13/h1-2,5-8,11H,3-4,9-10H2,(H,16,17)(H,18,19). The molecule has 0 bridgehead atoms. The third kappa shape index (κ3) is 5.26. The SMILES string of the molecule is Brc1ccc(NCCCCNc2ccccn2)nc1. The lowest BCUT2D eigenvalue weighted by Gasteiger charge is -2.07. The lowest BCUT2D eigenvalue weighted by atomic mass is 10.3. The highest BCUT2D eigenvalue weighted by atomic mass is 79.9. The fraction of sp³-hybridized carbons (Fsp3) is 0.286. The minimum atomic E-state index is 0.917. The number of hydrogen-bond acceptors (Lipinski definition) is 4. The molecule has 0 aliphatic rings. The van der Waals surface area contributed by atoms with Gasteiger partial charge in [0.25, 0.3) is 0 Å². The van der Waals surface area contributed by atoms with Gasteiger partial charge in [0.05, 0.1) is 0 Å².